The number of hydrogen-bond donors (Lipinski definition) is 0. The van der Waals surface area contributed by atoms with E-state index in [0.717, 1.165) is 55.7 Å². The number of fused-ring (bicyclic) bond motifs is 4. The van der Waals surface area contributed by atoms with Crippen molar-refractivity contribution in [1.82, 2.24) is 0 Å². The summed E-state index contributed by atoms with van der Waals surface area (Å²) < 4.78 is 6.73. The van der Waals surface area contributed by atoms with Gasteiger partial charge in [0.25, 0.3) is 0 Å². The smallest absolute Gasteiger partial charge is 0.159 e. The van der Waals surface area contributed by atoms with E-state index in [0.29, 0.717) is 0 Å². The van der Waals surface area contributed by atoms with Crippen LogP contribution < -0.4 is 4.90 Å². The number of anilines is 3. The van der Waals surface area contributed by atoms with Gasteiger partial charge in [0, 0.05) is 22.0 Å². The van der Waals surface area contributed by atoms with E-state index in [1.807, 2.05) is 6.07 Å². The summed E-state index contributed by atoms with van der Waals surface area (Å²) in [5, 5.41) is 4.66. The van der Waals surface area contributed by atoms with E-state index in [2.05, 4.69) is 211 Å². The van der Waals surface area contributed by atoms with E-state index in [9.17, 15) is 0 Å². The molecule has 0 unspecified atom stereocenters. The molecule has 9 aromatic carbocycles. The fraction of sp³-hybridized carbons (Fsp3) is 0. The average Bonchev–Trinajstić information content (AvgIpc) is 3.64. The molecule has 0 fully saturated rings. The summed E-state index contributed by atoms with van der Waals surface area (Å²) in [6, 6.07) is 75.9. The molecule has 1 heterocycles. The van der Waals surface area contributed by atoms with Gasteiger partial charge in [-0.25, -0.2) is 0 Å². The van der Waals surface area contributed by atoms with Crippen LogP contribution in [-0.2, 0) is 0 Å². The third-order valence-electron chi connectivity index (χ3n) is 10.5. The number of nitrogens with zero attached hydrogens (tertiary/aromatic N) is 1. The van der Waals surface area contributed by atoms with Crippen LogP contribution in [0.3, 0.4) is 0 Å². The van der Waals surface area contributed by atoms with Crippen molar-refractivity contribution in [2.45, 2.75) is 0 Å². The first-order valence-electron chi connectivity index (χ1n) is 18.4. The molecule has 254 valence electrons. The van der Waals surface area contributed by atoms with Crippen molar-refractivity contribution in [3.05, 3.63) is 212 Å². The Bertz CT molecular complexity index is 2960. The number of para-hydroxylation sites is 3. The first-order chi connectivity index (χ1) is 26.8. The Hall–Kier alpha value is -7.16. The highest BCUT2D eigenvalue weighted by Crippen LogP contribution is 2.48. The predicted molar refractivity (Wildman–Crippen MR) is 228 cm³/mol. The van der Waals surface area contributed by atoms with Crippen LogP contribution in [0, 0.1) is 0 Å². The van der Waals surface area contributed by atoms with Gasteiger partial charge in [0.05, 0.1) is 11.4 Å². The second-order valence-corrected chi connectivity index (χ2v) is 13.7. The molecule has 0 saturated carbocycles. The van der Waals surface area contributed by atoms with Crippen molar-refractivity contribution in [1.29, 1.82) is 0 Å². The maximum Gasteiger partial charge on any atom is 0.159 e. The maximum atomic E-state index is 6.73. The highest BCUT2D eigenvalue weighted by molar-refractivity contribution is 6.11. The largest absolute Gasteiger partial charge is 0.454 e. The first kappa shape index (κ1) is 31.6. The van der Waals surface area contributed by atoms with E-state index < -0.39 is 0 Å². The predicted octanol–water partition coefficient (Wildman–Crippen LogP) is 14.9. The molecule has 0 amide bonds. The Morgan fingerprint density at radius 1 is 0.315 bits per heavy atom. The molecular weight excluding hydrogens is 655 g/mol. The topological polar surface area (TPSA) is 16.4 Å². The Morgan fingerprint density at radius 3 is 1.70 bits per heavy atom. The second-order valence-electron chi connectivity index (χ2n) is 13.7. The summed E-state index contributed by atoms with van der Waals surface area (Å²) in [5.74, 6) is 0. The molecular formula is C52H35NO. The Kier molecular flexibility index (Phi) is 7.85. The first-order valence-corrected chi connectivity index (χ1v) is 18.4. The summed E-state index contributed by atoms with van der Waals surface area (Å²) in [7, 11) is 0. The highest BCUT2D eigenvalue weighted by atomic mass is 16.3. The van der Waals surface area contributed by atoms with Crippen molar-refractivity contribution in [2.75, 3.05) is 4.90 Å². The molecule has 0 atom stereocenters. The SMILES string of the molecule is c1ccc(-c2ccccc2-c2ccccc2-c2ccccc2N(c2cccc(-c3ccc4ccccc4c3)c2)c2cccc3c2oc2ccccc23)cc1. The molecule has 54 heavy (non-hydrogen) atoms. The summed E-state index contributed by atoms with van der Waals surface area (Å²) in [6.45, 7) is 0. The van der Waals surface area contributed by atoms with Gasteiger partial charge in [-0.05, 0) is 86.1 Å². The minimum absolute atomic E-state index is 0.854. The summed E-state index contributed by atoms with van der Waals surface area (Å²) in [5.41, 5.74) is 14.2. The molecule has 2 heteroatoms. The van der Waals surface area contributed by atoms with Gasteiger partial charge in [-0.15, -0.1) is 0 Å². The van der Waals surface area contributed by atoms with Gasteiger partial charge in [-0.3, -0.25) is 0 Å². The molecule has 1 aromatic heterocycles. The van der Waals surface area contributed by atoms with E-state index >= 15 is 0 Å². The van der Waals surface area contributed by atoms with Crippen molar-refractivity contribution < 1.29 is 4.42 Å². The van der Waals surface area contributed by atoms with Gasteiger partial charge in [0.2, 0.25) is 0 Å². The molecule has 0 bridgehead atoms. The number of rotatable bonds is 7. The summed E-state index contributed by atoms with van der Waals surface area (Å²) in [6.07, 6.45) is 0. The lowest BCUT2D eigenvalue weighted by atomic mass is 9.88. The quantitative estimate of drug-likeness (QED) is 0.166. The third-order valence-corrected chi connectivity index (χ3v) is 10.5. The Morgan fingerprint density at radius 2 is 0.870 bits per heavy atom. The minimum atomic E-state index is 0.854. The number of furan rings is 1. The van der Waals surface area contributed by atoms with Gasteiger partial charge < -0.3 is 9.32 Å². The van der Waals surface area contributed by atoms with Crippen LogP contribution in [0.5, 0.6) is 0 Å². The lowest BCUT2D eigenvalue weighted by molar-refractivity contribution is 0.669. The van der Waals surface area contributed by atoms with Crippen LogP contribution in [-0.4, -0.2) is 0 Å². The van der Waals surface area contributed by atoms with Crippen LogP contribution in [0.1, 0.15) is 0 Å². The molecule has 10 rings (SSSR count). The summed E-state index contributed by atoms with van der Waals surface area (Å²) >= 11 is 0. The number of hydrogen-bond acceptors (Lipinski definition) is 2. The zero-order valence-corrected chi connectivity index (χ0v) is 29.6. The van der Waals surface area contributed by atoms with E-state index in [1.54, 1.807) is 0 Å². The molecule has 0 N–H and O–H groups in total. The van der Waals surface area contributed by atoms with Gasteiger partial charge >= 0.3 is 0 Å². The van der Waals surface area contributed by atoms with Crippen LogP contribution in [0.4, 0.5) is 17.1 Å². The van der Waals surface area contributed by atoms with E-state index in [1.165, 1.54) is 38.6 Å². The Balaban J connectivity index is 1.21. The molecule has 0 spiro atoms. The second kappa shape index (κ2) is 13.4. The fourth-order valence-electron chi connectivity index (χ4n) is 7.95. The zero-order chi connectivity index (χ0) is 35.8. The Labute approximate surface area is 314 Å². The van der Waals surface area contributed by atoms with Gasteiger partial charge in [-0.2, -0.15) is 0 Å². The van der Waals surface area contributed by atoms with Crippen molar-refractivity contribution in [2.24, 2.45) is 0 Å². The molecule has 0 aliphatic heterocycles. The van der Waals surface area contributed by atoms with Gasteiger partial charge in [0.15, 0.2) is 5.58 Å². The standard InChI is InChI=1S/C52H35NO/c1-2-17-37(18-3-1)42-22-6-7-23-43(42)44-24-8-9-25-45(44)46-26-10-12-29-49(46)53(50-30-15-28-48-47-27-11-13-31-51(47)54-52(48)50)41-21-14-20-39(35-41)40-33-32-36-16-4-5-19-38(36)34-40/h1-35H. The van der Waals surface area contributed by atoms with Crippen LogP contribution >= 0.6 is 0 Å². The van der Waals surface area contributed by atoms with Crippen molar-refractivity contribution >= 4 is 49.8 Å². The molecule has 10 aromatic rings. The maximum absolute atomic E-state index is 6.73. The molecule has 0 saturated heterocycles. The molecule has 2 nitrogen and oxygen atoms in total. The summed E-state index contributed by atoms with van der Waals surface area (Å²) in [4.78, 5) is 2.38. The molecule has 0 aliphatic rings. The monoisotopic (exact) mass is 689 g/mol. The van der Waals surface area contributed by atoms with Crippen LogP contribution in [0.25, 0.3) is 77.2 Å². The third kappa shape index (κ3) is 5.53. The van der Waals surface area contributed by atoms with Crippen molar-refractivity contribution in [3.8, 4) is 44.5 Å². The molecule has 0 aliphatic carbocycles. The van der Waals surface area contributed by atoms with E-state index in [-0.39, 0.29) is 0 Å². The lowest BCUT2D eigenvalue weighted by Gasteiger charge is -2.29. The van der Waals surface area contributed by atoms with Crippen molar-refractivity contribution in [3.63, 3.8) is 0 Å². The number of benzene rings is 9. The average molecular weight is 690 g/mol. The fourth-order valence-corrected chi connectivity index (χ4v) is 7.95. The van der Waals surface area contributed by atoms with Crippen LogP contribution in [0.15, 0.2) is 217 Å². The van der Waals surface area contributed by atoms with Gasteiger partial charge in [-0.1, -0.05) is 176 Å². The normalized spacial score (nSPS) is 11.3. The lowest BCUT2D eigenvalue weighted by Crippen LogP contribution is -2.12. The zero-order valence-electron chi connectivity index (χ0n) is 29.6. The highest BCUT2D eigenvalue weighted by Gasteiger charge is 2.23. The minimum Gasteiger partial charge on any atom is -0.454 e. The molecule has 0 radical (unpaired) electrons. The van der Waals surface area contributed by atoms with Gasteiger partial charge in [0.1, 0.15) is 5.58 Å². The van der Waals surface area contributed by atoms with E-state index in [4.69, 9.17) is 4.42 Å². The van der Waals surface area contributed by atoms with Crippen LogP contribution in [0.2, 0.25) is 0 Å².